The minimum atomic E-state index is -4.57. The van der Waals surface area contributed by atoms with Crippen molar-refractivity contribution in [2.45, 2.75) is 29.5 Å². The second-order valence-electron chi connectivity index (χ2n) is 4.82. The first kappa shape index (κ1) is 15.2. The summed E-state index contributed by atoms with van der Waals surface area (Å²) in [6, 6.07) is 6.38. The van der Waals surface area contributed by atoms with Gasteiger partial charge in [0.05, 0.1) is 10.6 Å². The van der Waals surface area contributed by atoms with Gasteiger partial charge in [-0.3, -0.25) is 0 Å². The molecule has 1 aliphatic heterocycles. The average Bonchev–Trinajstić information content (AvgIpc) is 2.47. The van der Waals surface area contributed by atoms with E-state index in [9.17, 15) is 17.2 Å². The second kappa shape index (κ2) is 6.05. The third-order valence-electron chi connectivity index (χ3n) is 3.65. The molecule has 112 valence electrons. The number of hydrogen-bond donors (Lipinski definition) is 1. The number of sulfone groups is 1. The number of halogens is 2. The van der Waals surface area contributed by atoms with Crippen molar-refractivity contribution in [3.63, 3.8) is 0 Å². The van der Waals surface area contributed by atoms with E-state index < -0.39 is 15.6 Å². The van der Waals surface area contributed by atoms with Crippen molar-refractivity contribution in [2.75, 3.05) is 25.0 Å². The van der Waals surface area contributed by atoms with E-state index in [1.807, 2.05) is 11.9 Å². The van der Waals surface area contributed by atoms with Gasteiger partial charge in [0.25, 0.3) is 0 Å². The van der Waals surface area contributed by atoms with E-state index in [1.54, 1.807) is 12.1 Å². The van der Waals surface area contributed by atoms with Crippen LogP contribution in [0.25, 0.3) is 0 Å². The first-order valence-electron chi connectivity index (χ1n) is 6.50. The zero-order valence-corrected chi connectivity index (χ0v) is 12.0. The van der Waals surface area contributed by atoms with Crippen LogP contribution in [0, 0.1) is 0 Å². The summed E-state index contributed by atoms with van der Waals surface area (Å²) < 4.78 is 48.9. The number of nitrogens with one attached hydrogen (secondary N) is 1. The molecule has 2 rings (SSSR count). The molecule has 1 saturated heterocycles. The van der Waals surface area contributed by atoms with Crippen LogP contribution in [0.1, 0.15) is 12.8 Å². The van der Waals surface area contributed by atoms with E-state index in [1.165, 1.54) is 12.1 Å². The Balaban J connectivity index is 2.30. The lowest BCUT2D eigenvalue weighted by Crippen LogP contribution is -2.41. The molecule has 1 heterocycles. The van der Waals surface area contributed by atoms with Crippen LogP contribution in [0.2, 0.25) is 0 Å². The molecule has 1 fully saturated rings. The number of piperidine rings is 1. The third kappa shape index (κ3) is 2.93. The summed E-state index contributed by atoms with van der Waals surface area (Å²) in [6.07, 6.45) is 1.72. The van der Waals surface area contributed by atoms with Gasteiger partial charge in [0, 0.05) is 19.1 Å². The van der Waals surface area contributed by atoms with Crippen LogP contribution in [0.5, 0.6) is 0 Å². The van der Waals surface area contributed by atoms with Crippen LogP contribution >= 0.6 is 0 Å². The molecule has 20 heavy (non-hydrogen) atoms. The van der Waals surface area contributed by atoms with E-state index in [0.29, 0.717) is 24.8 Å². The Bertz CT molecular complexity index is 555. The second-order valence-corrected chi connectivity index (χ2v) is 6.71. The molecule has 7 heteroatoms. The highest BCUT2D eigenvalue weighted by Crippen LogP contribution is 2.30. The highest BCUT2D eigenvalue weighted by Gasteiger charge is 2.31. The van der Waals surface area contributed by atoms with Crippen molar-refractivity contribution in [1.29, 1.82) is 0 Å². The van der Waals surface area contributed by atoms with Gasteiger partial charge in [0.2, 0.25) is 9.84 Å². The van der Waals surface area contributed by atoms with Crippen LogP contribution in [0.4, 0.5) is 14.5 Å². The van der Waals surface area contributed by atoms with Crippen LogP contribution in [-0.2, 0) is 9.84 Å². The predicted octanol–water partition coefficient (Wildman–Crippen LogP) is 1.87. The zero-order chi connectivity index (χ0) is 14.8. The van der Waals surface area contributed by atoms with Crippen molar-refractivity contribution < 1.29 is 17.2 Å². The van der Waals surface area contributed by atoms with Gasteiger partial charge in [0.1, 0.15) is 0 Å². The Kier molecular flexibility index (Phi) is 4.59. The number of anilines is 1. The Hall–Kier alpha value is -1.21. The molecule has 0 spiro atoms. The number of alkyl halides is 2. The van der Waals surface area contributed by atoms with Gasteiger partial charge in [-0.15, -0.1) is 0 Å². The molecule has 1 N–H and O–H groups in total. The Morgan fingerprint density at radius 2 is 1.85 bits per heavy atom. The van der Waals surface area contributed by atoms with Gasteiger partial charge in [-0.1, -0.05) is 12.1 Å². The van der Waals surface area contributed by atoms with E-state index in [-0.39, 0.29) is 4.90 Å². The van der Waals surface area contributed by atoms with Gasteiger partial charge in [0.15, 0.2) is 0 Å². The van der Waals surface area contributed by atoms with E-state index in [4.69, 9.17) is 0 Å². The van der Waals surface area contributed by atoms with Crippen LogP contribution in [0.15, 0.2) is 29.2 Å². The topological polar surface area (TPSA) is 49.4 Å². The van der Waals surface area contributed by atoms with Crippen LogP contribution in [0.3, 0.4) is 0 Å². The molecule has 1 aromatic rings. The fraction of sp³-hybridized carbons (Fsp3) is 0.538. The first-order valence-corrected chi connectivity index (χ1v) is 8.04. The lowest BCUT2D eigenvalue weighted by molar-refractivity contribution is 0.234. The smallest absolute Gasteiger partial charge is 0.341 e. The molecule has 0 bridgehead atoms. The predicted molar refractivity (Wildman–Crippen MR) is 73.9 cm³/mol. The van der Waals surface area contributed by atoms with Crippen LogP contribution in [-0.4, -0.2) is 40.4 Å². The number of nitrogens with zero attached hydrogens (tertiary/aromatic N) is 1. The van der Waals surface area contributed by atoms with Gasteiger partial charge in [-0.2, -0.15) is 8.78 Å². The maximum absolute atomic E-state index is 12.7. The Morgan fingerprint density at radius 1 is 1.25 bits per heavy atom. The molecule has 0 atom stereocenters. The van der Waals surface area contributed by atoms with E-state index >= 15 is 0 Å². The molecule has 0 saturated carbocycles. The molecule has 1 aliphatic rings. The molecule has 4 nitrogen and oxygen atoms in total. The number of rotatable bonds is 4. The summed E-state index contributed by atoms with van der Waals surface area (Å²) >= 11 is 0. The highest BCUT2D eigenvalue weighted by atomic mass is 32.2. The number of benzene rings is 1. The third-order valence-corrected chi connectivity index (χ3v) is 5.08. The molecular formula is C13H18F2N2O2S. The lowest BCUT2D eigenvalue weighted by atomic mass is 10.0. The molecule has 0 unspecified atom stereocenters. The summed E-state index contributed by atoms with van der Waals surface area (Å²) in [5.74, 6) is -3.39. The van der Waals surface area contributed by atoms with Crippen molar-refractivity contribution in [2.24, 2.45) is 0 Å². The first-order chi connectivity index (χ1) is 9.46. The minimum absolute atomic E-state index is 0.280. The number of hydrogen-bond acceptors (Lipinski definition) is 4. The van der Waals surface area contributed by atoms with E-state index in [2.05, 4.69) is 5.32 Å². The summed E-state index contributed by atoms with van der Waals surface area (Å²) in [5, 5.41) is 3.17. The molecule has 0 amide bonds. The maximum atomic E-state index is 12.7. The monoisotopic (exact) mass is 304 g/mol. The van der Waals surface area contributed by atoms with Crippen molar-refractivity contribution in [3.8, 4) is 0 Å². The van der Waals surface area contributed by atoms with Crippen LogP contribution < -0.4 is 10.2 Å². The highest BCUT2D eigenvalue weighted by molar-refractivity contribution is 7.91. The summed E-state index contributed by atoms with van der Waals surface area (Å²) in [5.41, 5.74) is 0.377. The maximum Gasteiger partial charge on any atom is 0.341 e. The molecule has 0 radical (unpaired) electrons. The quantitative estimate of drug-likeness (QED) is 0.922. The summed E-state index contributed by atoms with van der Waals surface area (Å²) in [7, 11) is -2.68. The van der Waals surface area contributed by atoms with Gasteiger partial charge in [-0.25, -0.2) is 8.42 Å². The van der Waals surface area contributed by atoms with Crippen molar-refractivity contribution >= 4 is 15.5 Å². The summed E-state index contributed by atoms with van der Waals surface area (Å²) in [4.78, 5) is 1.58. The van der Waals surface area contributed by atoms with Gasteiger partial charge in [-0.05, 0) is 32.0 Å². The SMILES string of the molecule is CNC1CCN(c2ccccc2S(=O)(=O)C(F)F)CC1. The standard InChI is InChI=1S/C13H18F2N2O2S/c1-16-10-6-8-17(9-7-10)11-4-2-3-5-12(11)20(18,19)13(14)15/h2-5,10,13,16H,6-9H2,1H3. The molecule has 0 aliphatic carbocycles. The fourth-order valence-electron chi connectivity index (χ4n) is 2.46. The normalized spacial score (nSPS) is 17.7. The van der Waals surface area contributed by atoms with Crippen molar-refractivity contribution in [3.05, 3.63) is 24.3 Å². The lowest BCUT2D eigenvalue weighted by Gasteiger charge is -2.34. The molecule has 1 aromatic carbocycles. The van der Waals surface area contributed by atoms with Gasteiger partial charge >= 0.3 is 5.76 Å². The Morgan fingerprint density at radius 3 is 2.40 bits per heavy atom. The van der Waals surface area contributed by atoms with E-state index in [0.717, 1.165) is 12.8 Å². The largest absolute Gasteiger partial charge is 0.370 e. The van der Waals surface area contributed by atoms with Crippen molar-refractivity contribution in [1.82, 2.24) is 5.32 Å². The fourth-order valence-corrected chi connectivity index (χ4v) is 3.41. The Labute approximate surface area is 117 Å². The molecule has 0 aromatic heterocycles. The zero-order valence-electron chi connectivity index (χ0n) is 11.2. The number of para-hydroxylation sites is 1. The minimum Gasteiger partial charge on any atom is -0.370 e. The summed E-state index contributed by atoms with van der Waals surface area (Å²) in [6.45, 7) is 1.31. The van der Waals surface area contributed by atoms with Gasteiger partial charge < -0.3 is 10.2 Å². The average molecular weight is 304 g/mol. The molecular weight excluding hydrogens is 286 g/mol.